The summed E-state index contributed by atoms with van der Waals surface area (Å²) in [7, 11) is -1.69. The second-order valence-electron chi connectivity index (χ2n) is 9.15. The van der Waals surface area contributed by atoms with E-state index in [1.54, 1.807) is 24.3 Å². The number of benzene rings is 2. The van der Waals surface area contributed by atoms with Crippen LogP contribution < -0.4 is 15.4 Å². The zero-order valence-corrected chi connectivity index (χ0v) is 20.3. The van der Waals surface area contributed by atoms with Crippen molar-refractivity contribution in [1.29, 1.82) is 5.26 Å². The molecule has 0 spiro atoms. The van der Waals surface area contributed by atoms with Gasteiger partial charge in [-0.1, -0.05) is 54.6 Å². The quantitative estimate of drug-likeness (QED) is 0.367. The molecule has 2 aromatic rings. The molecule has 0 saturated heterocycles. The monoisotopic (exact) mass is 477 g/mol. The fraction of sp³-hybridized carbons (Fsp3) is 0.346. The summed E-state index contributed by atoms with van der Waals surface area (Å²) in [4.78, 5) is 24.5. The van der Waals surface area contributed by atoms with Crippen molar-refractivity contribution < 1.29 is 24.4 Å². The zero-order valence-electron chi connectivity index (χ0n) is 20.3. The third kappa shape index (κ3) is 10.5. The van der Waals surface area contributed by atoms with E-state index in [9.17, 15) is 24.9 Å². The van der Waals surface area contributed by atoms with Crippen molar-refractivity contribution in [3.8, 4) is 11.8 Å². The van der Waals surface area contributed by atoms with E-state index in [2.05, 4.69) is 10.6 Å². The largest absolute Gasteiger partial charge is 0.493 e. The van der Waals surface area contributed by atoms with Gasteiger partial charge in [-0.3, -0.25) is 9.59 Å². The van der Waals surface area contributed by atoms with Crippen LogP contribution in [0.1, 0.15) is 38.3 Å². The van der Waals surface area contributed by atoms with Crippen molar-refractivity contribution in [2.45, 2.75) is 45.1 Å². The molecule has 9 heteroatoms. The Balaban J connectivity index is 1.87. The summed E-state index contributed by atoms with van der Waals surface area (Å²) in [5, 5.41) is 34.0. The van der Waals surface area contributed by atoms with Crippen LogP contribution in [0.15, 0.2) is 60.7 Å². The minimum atomic E-state index is -1.69. The number of hydrogen-bond donors (Lipinski definition) is 4. The van der Waals surface area contributed by atoms with Gasteiger partial charge in [-0.05, 0) is 50.5 Å². The number of ether oxygens (including phenoxy) is 1. The van der Waals surface area contributed by atoms with Crippen molar-refractivity contribution in [3.05, 3.63) is 71.8 Å². The number of nitrogens with zero attached hydrogens (tertiary/aromatic N) is 1. The van der Waals surface area contributed by atoms with Gasteiger partial charge in [-0.25, -0.2) is 0 Å². The van der Waals surface area contributed by atoms with Crippen molar-refractivity contribution in [2.75, 3.05) is 6.61 Å². The van der Waals surface area contributed by atoms with Gasteiger partial charge in [-0.2, -0.15) is 5.26 Å². The van der Waals surface area contributed by atoms with Gasteiger partial charge < -0.3 is 25.4 Å². The van der Waals surface area contributed by atoms with E-state index in [-0.39, 0.29) is 31.3 Å². The van der Waals surface area contributed by atoms with Gasteiger partial charge >= 0.3 is 7.12 Å². The van der Waals surface area contributed by atoms with Crippen LogP contribution >= 0.6 is 0 Å². The molecule has 0 saturated carbocycles. The molecule has 0 aliphatic rings. The molecule has 2 unspecified atom stereocenters. The van der Waals surface area contributed by atoms with Crippen LogP contribution in [0.25, 0.3) is 6.08 Å². The number of rotatable bonds is 11. The highest BCUT2D eigenvalue weighted by molar-refractivity contribution is 6.43. The van der Waals surface area contributed by atoms with E-state index in [1.165, 1.54) is 6.08 Å². The number of nitriles is 1. The summed E-state index contributed by atoms with van der Waals surface area (Å²) in [5.41, 5.74) is 1.18. The molecular formula is C26H32BN3O5. The van der Waals surface area contributed by atoms with Crippen LogP contribution in [-0.2, 0) is 16.0 Å². The van der Waals surface area contributed by atoms with Gasteiger partial charge in [0.2, 0.25) is 11.8 Å². The number of hydrogen-bond acceptors (Lipinski definition) is 6. The maximum absolute atomic E-state index is 12.3. The lowest BCUT2D eigenvalue weighted by Crippen LogP contribution is -2.48. The number of nitrogens with one attached hydrogen (secondary N) is 2. The molecule has 2 atom stereocenters. The molecule has 0 heterocycles. The predicted molar refractivity (Wildman–Crippen MR) is 135 cm³/mol. The summed E-state index contributed by atoms with van der Waals surface area (Å²) in [6, 6.07) is 18.3. The highest BCUT2D eigenvalue weighted by Gasteiger charge is 2.25. The van der Waals surface area contributed by atoms with Gasteiger partial charge in [0.05, 0.1) is 25.0 Å². The van der Waals surface area contributed by atoms with Gasteiger partial charge in [0.25, 0.3) is 0 Å². The van der Waals surface area contributed by atoms with E-state index in [0.29, 0.717) is 5.75 Å². The Kier molecular flexibility index (Phi) is 10.5. The van der Waals surface area contributed by atoms with E-state index in [4.69, 9.17) is 4.74 Å². The lowest BCUT2D eigenvalue weighted by Gasteiger charge is -2.21. The molecule has 2 rings (SSSR count). The second kappa shape index (κ2) is 13.3. The average molecular weight is 477 g/mol. The van der Waals surface area contributed by atoms with Gasteiger partial charge in [0, 0.05) is 5.54 Å². The molecular weight excluding hydrogens is 445 g/mol. The first kappa shape index (κ1) is 27.6. The minimum absolute atomic E-state index is 0.0293. The molecule has 184 valence electrons. The molecule has 4 N–H and O–H groups in total. The van der Waals surface area contributed by atoms with E-state index in [0.717, 1.165) is 11.1 Å². The molecule has 35 heavy (non-hydrogen) atoms. The first-order valence-electron chi connectivity index (χ1n) is 11.4. The van der Waals surface area contributed by atoms with E-state index < -0.39 is 24.5 Å². The number of amides is 2. The molecule has 0 aliphatic heterocycles. The van der Waals surface area contributed by atoms with Crippen LogP contribution in [0.2, 0.25) is 0 Å². The Morgan fingerprint density at radius 3 is 2.49 bits per heavy atom. The standard InChI is InChI=1S/C26H32BN3O5/c1-26(2,3)30-25(32)21(18-28)13-12-20-10-7-11-22(16-20)35-15-14-24(31)29-23(27(33)34)17-19-8-5-4-6-9-19/h4-13,16,21,23,33-34H,14-15,17H2,1-3H3,(H,29,31)(H,30,32)/b13-12+. The average Bonchev–Trinajstić information content (AvgIpc) is 2.79. The number of carbonyl (C=O) groups is 2. The van der Waals surface area contributed by atoms with Crippen LogP contribution in [-0.4, -0.2) is 47.1 Å². The summed E-state index contributed by atoms with van der Waals surface area (Å²) >= 11 is 0. The fourth-order valence-electron chi connectivity index (χ4n) is 3.19. The zero-order chi connectivity index (χ0) is 25.8. The van der Waals surface area contributed by atoms with Gasteiger partial charge in [0.1, 0.15) is 11.7 Å². The topological polar surface area (TPSA) is 132 Å². The normalized spacial score (nSPS) is 12.9. The molecule has 0 fully saturated rings. The first-order chi connectivity index (χ1) is 16.6. The summed E-state index contributed by atoms with van der Waals surface area (Å²) in [6.07, 6.45) is 3.52. The van der Waals surface area contributed by atoms with Crippen molar-refractivity contribution >= 4 is 25.0 Å². The van der Waals surface area contributed by atoms with Crippen molar-refractivity contribution in [3.63, 3.8) is 0 Å². The third-order valence-electron chi connectivity index (χ3n) is 4.86. The summed E-state index contributed by atoms with van der Waals surface area (Å²) in [6.45, 7) is 5.63. The van der Waals surface area contributed by atoms with Crippen LogP contribution in [0.5, 0.6) is 5.75 Å². The molecule has 8 nitrogen and oxygen atoms in total. The maximum atomic E-state index is 12.3. The SMILES string of the molecule is CC(C)(C)NC(=O)C(C#N)/C=C/c1cccc(OCCC(=O)NC(Cc2ccccc2)B(O)O)c1. The van der Waals surface area contributed by atoms with Gasteiger partial charge in [0.15, 0.2) is 0 Å². The molecule has 2 amide bonds. The first-order valence-corrected chi connectivity index (χ1v) is 11.4. The van der Waals surface area contributed by atoms with E-state index >= 15 is 0 Å². The predicted octanol–water partition coefficient (Wildman–Crippen LogP) is 2.26. The van der Waals surface area contributed by atoms with Gasteiger partial charge in [-0.15, -0.1) is 0 Å². The Labute approximate surface area is 206 Å². The fourth-order valence-corrected chi connectivity index (χ4v) is 3.19. The van der Waals surface area contributed by atoms with Crippen molar-refractivity contribution in [2.24, 2.45) is 5.92 Å². The third-order valence-corrected chi connectivity index (χ3v) is 4.86. The van der Waals surface area contributed by atoms with Crippen molar-refractivity contribution in [1.82, 2.24) is 10.6 Å². The molecule has 2 aromatic carbocycles. The van der Waals surface area contributed by atoms with Crippen LogP contribution in [0.3, 0.4) is 0 Å². The summed E-state index contributed by atoms with van der Waals surface area (Å²) in [5.74, 6) is -1.96. The second-order valence-corrected chi connectivity index (χ2v) is 9.15. The lowest BCUT2D eigenvalue weighted by molar-refractivity contribution is -0.124. The lowest BCUT2D eigenvalue weighted by atomic mass is 9.76. The molecule has 0 aliphatic carbocycles. The highest BCUT2D eigenvalue weighted by Crippen LogP contribution is 2.16. The maximum Gasteiger partial charge on any atom is 0.475 e. The van der Waals surface area contributed by atoms with Crippen LogP contribution in [0, 0.1) is 17.2 Å². The van der Waals surface area contributed by atoms with Crippen LogP contribution in [0.4, 0.5) is 0 Å². The minimum Gasteiger partial charge on any atom is -0.493 e. The smallest absolute Gasteiger partial charge is 0.475 e. The Morgan fingerprint density at radius 1 is 1.14 bits per heavy atom. The summed E-state index contributed by atoms with van der Waals surface area (Å²) < 4.78 is 5.66. The molecule has 0 radical (unpaired) electrons. The number of carbonyl (C=O) groups excluding carboxylic acids is 2. The molecule has 0 bridgehead atoms. The molecule has 0 aromatic heterocycles. The highest BCUT2D eigenvalue weighted by atomic mass is 16.5. The Morgan fingerprint density at radius 2 is 1.86 bits per heavy atom. The Bertz CT molecular complexity index is 1040. The Hall–Kier alpha value is -3.61. The van der Waals surface area contributed by atoms with E-state index in [1.807, 2.05) is 63.2 Å².